The van der Waals surface area contributed by atoms with Gasteiger partial charge in [0.15, 0.2) is 17.4 Å². The minimum absolute atomic E-state index is 0.00554. The molecule has 5 rings (SSSR count). The molecular weight excluding hydrogens is 764 g/mol. The first kappa shape index (κ1) is 41.6. The Hall–Kier alpha value is -4.55. The molecule has 19 heteroatoms. The van der Waals surface area contributed by atoms with E-state index in [9.17, 15) is 37.3 Å². The highest BCUT2D eigenvalue weighted by atomic mass is 32.1. The zero-order valence-corrected chi connectivity index (χ0v) is 32.0. The fourth-order valence-electron chi connectivity index (χ4n) is 5.64. The van der Waals surface area contributed by atoms with Gasteiger partial charge in [0.2, 0.25) is 0 Å². The van der Waals surface area contributed by atoms with Crippen molar-refractivity contribution in [1.82, 2.24) is 24.8 Å². The molecule has 0 saturated carbocycles. The first-order valence-corrected chi connectivity index (χ1v) is 19.6. The van der Waals surface area contributed by atoms with Crippen molar-refractivity contribution in [2.45, 2.75) is 59.2 Å². The number of thiazole rings is 1. The van der Waals surface area contributed by atoms with Crippen molar-refractivity contribution in [3.8, 4) is 21.7 Å². The van der Waals surface area contributed by atoms with Crippen LogP contribution in [0.1, 0.15) is 63.3 Å². The van der Waals surface area contributed by atoms with Gasteiger partial charge < -0.3 is 24.6 Å². The molecule has 0 spiro atoms. The van der Waals surface area contributed by atoms with E-state index in [2.05, 4.69) is 25.6 Å². The molecule has 0 bridgehead atoms. The summed E-state index contributed by atoms with van der Waals surface area (Å²) in [5.74, 6) is 0.0307. The normalized spacial score (nSPS) is 14.1. The van der Waals surface area contributed by atoms with E-state index >= 15 is 0 Å². The molecule has 0 aliphatic carbocycles. The number of hydrogen-bond donors (Lipinski definition) is 4. The molecule has 0 aliphatic heterocycles. The van der Waals surface area contributed by atoms with Gasteiger partial charge >= 0.3 is 20.0 Å². The fourth-order valence-corrected chi connectivity index (χ4v) is 7.24. The number of amides is 2. The lowest BCUT2D eigenvalue weighted by Crippen LogP contribution is -2.28. The van der Waals surface area contributed by atoms with E-state index in [0.717, 1.165) is 16.7 Å². The number of nitrogens with one attached hydrogen (secondary N) is 2. The molecule has 4 N–H and O–H groups in total. The van der Waals surface area contributed by atoms with Gasteiger partial charge in [-0.25, -0.2) is 24.3 Å². The highest BCUT2D eigenvalue weighted by Gasteiger charge is 2.34. The van der Waals surface area contributed by atoms with E-state index in [1.165, 1.54) is 30.7 Å². The molecule has 4 aromatic heterocycles. The highest BCUT2D eigenvalue weighted by molar-refractivity contribution is 7.47. The summed E-state index contributed by atoms with van der Waals surface area (Å²) < 4.78 is 71.5. The molecule has 5 aromatic rings. The van der Waals surface area contributed by atoms with Crippen LogP contribution in [-0.2, 0) is 31.1 Å². The van der Waals surface area contributed by atoms with Gasteiger partial charge in [0, 0.05) is 53.8 Å². The number of aliphatic hydroxyl groups excluding tert-OH is 1. The molecule has 294 valence electrons. The SMILES string of the molecule is CCNC(=O)Nc1cc(-c2nc(C(F)(F)F)cs2)c(-c2cnc3c(c2)c(=O)c(C(O)OCC)cn3C(COP(=O)(O)OCc2ccccc2)CC(C)C)cn1. The zero-order chi connectivity index (χ0) is 39.9. The number of anilines is 1. The number of benzene rings is 1. The van der Waals surface area contributed by atoms with Crippen molar-refractivity contribution < 1.29 is 46.3 Å². The molecule has 2 amide bonds. The number of nitrogens with zero attached hydrogens (tertiary/aromatic N) is 4. The Morgan fingerprint density at radius 3 is 2.47 bits per heavy atom. The monoisotopic (exact) mass is 804 g/mol. The van der Waals surface area contributed by atoms with E-state index < -0.39 is 43.5 Å². The molecule has 55 heavy (non-hydrogen) atoms. The van der Waals surface area contributed by atoms with Crippen LogP contribution in [0, 0.1) is 5.92 Å². The molecule has 14 nitrogen and oxygen atoms in total. The minimum atomic E-state index is -4.72. The number of fused-ring (bicyclic) bond motifs is 1. The van der Waals surface area contributed by atoms with E-state index in [0.29, 0.717) is 18.5 Å². The number of aromatic nitrogens is 4. The number of urea groups is 1. The van der Waals surface area contributed by atoms with Crippen LogP contribution in [0.4, 0.5) is 23.8 Å². The predicted octanol–water partition coefficient (Wildman–Crippen LogP) is 7.69. The second-order valence-electron chi connectivity index (χ2n) is 12.7. The Labute approximate surface area is 318 Å². The number of hydrogen-bond acceptors (Lipinski definition) is 11. The number of rotatable bonds is 16. The Balaban J connectivity index is 1.62. The number of phosphoric acid groups is 1. The topological polar surface area (TPSA) is 187 Å². The van der Waals surface area contributed by atoms with Gasteiger partial charge in [0.05, 0.1) is 30.2 Å². The third-order valence-electron chi connectivity index (χ3n) is 8.11. The first-order valence-electron chi connectivity index (χ1n) is 17.2. The van der Waals surface area contributed by atoms with Crippen LogP contribution in [0.2, 0.25) is 0 Å². The van der Waals surface area contributed by atoms with E-state index in [-0.39, 0.29) is 69.9 Å². The largest absolute Gasteiger partial charge is 0.472 e. The van der Waals surface area contributed by atoms with E-state index in [1.807, 2.05) is 13.8 Å². The van der Waals surface area contributed by atoms with Gasteiger partial charge in [0.25, 0.3) is 0 Å². The molecular formula is C36H40F3N6O8PS. The van der Waals surface area contributed by atoms with Crippen molar-refractivity contribution in [3.05, 3.63) is 93.5 Å². The molecule has 3 unspecified atom stereocenters. The minimum Gasteiger partial charge on any atom is -0.364 e. The van der Waals surface area contributed by atoms with E-state index in [1.54, 1.807) is 48.7 Å². The van der Waals surface area contributed by atoms with Gasteiger partial charge in [-0.15, -0.1) is 11.3 Å². The fraction of sp³-hybridized carbons (Fsp3) is 0.361. The lowest BCUT2D eigenvalue weighted by Gasteiger charge is -2.26. The molecule has 0 saturated heterocycles. The average molecular weight is 805 g/mol. The summed E-state index contributed by atoms with van der Waals surface area (Å²) in [6.45, 7) is 7.01. The number of carbonyl (C=O) groups is 1. The summed E-state index contributed by atoms with van der Waals surface area (Å²) in [5.41, 5.74) is -0.506. The summed E-state index contributed by atoms with van der Waals surface area (Å²) >= 11 is 0.726. The molecule has 0 radical (unpaired) electrons. The van der Waals surface area contributed by atoms with Crippen LogP contribution < -0.4 is 16.1 Å². The maximum atomic E-state index is 14.0. The van der Waals surface area contributed by atoms with Crippen LogP contribution in [0.25, 0.3) is 32.7 Å². The number of carbonyl (C=O) groups excluding carboxylic acids is 1. The summed E-state index contributed by atoms with van der Waals surface area (Å²) in [6.07, 6.45) is -1.95. The Kier molecular flexibility index (Phi) is 13.6. The van der Waals surface area contributed by atoms with Crippen molar-refractivity contribution in [1.29, 1.82) is 0 Å². The van der Waals surface area contributed by atoms with E-state index in [4.69, 9.17) is 13.8 Å². The third kappa shape index (κ3) is 10.6. The maximum absolute atomic E-state index is 14.0. The number of halogens is 3. The van der Waals surface area contributed by atoms with Crippen LogP contribution in [0.15, 0.2) is 71.2 Å². The number of phosphoric ester groups is 1. The van der Waals surface area contributed by atoms with Gasteiger partial charge in [0.1, 0.15) is 16.5 Å². The summed E-state index contributed by atoms with van der Waals surface area (Å²) in [7, 11) is -4.58. The maximum Gasteiger partial charge on any atom is 0.472 e. The van der Waals surface area contributed by atoms with Crippen LogP contribution in [0.3, 0.4) is 0 Å². The quantitative estimate of drug-likeness (QED) is 0.0566. The number of pyridine rings is 3. The standard InChI is InChI=1S/C36H40F3N6O8PS/c1-5-40-35(48)44-30-14-25(33-43-29(20-55-33)36(37,38)39)27(16-41-30)23-13-26-31(46)28(34(47)51-6-2)17-45(32(26)42-15-23)24(12-21(3)4)19-53-54(49,50)52-18-22-10-8-7-9-11-22/h7-11,13-17,20-21,24,34,47H,5-6,12,18-19H2,1-4H3,(H,49,50)(H2,40,41,44,48). The number of ether oxygens (including phenoxy) is 1. The number of aliphatic hydroxyl groups is 1. The zero-order valence-electron chi connectivity index (χ0n) is 30.2. The molecule has 3 atom stereocenters. The second-order valence-corrected chi connectivity index (χ2v) is 15.0. The Morgan fingerprint density at radius 2 is 1.82 bits per heavy atom. The Morgan fingerprint density at radius 1 is 1.07 bits per heavy atom. The molecule has 4 heterocycles. The van der Waals surface area contributed by atoms with Gasteiger partial charge in [-0.05, 0) is 43.9 Å². The lowest BCUT2D eigenvalue weighted by atomic mass is 10.0. The number of alkyl halides is 3. The predicted molar refractivity (Wildman–Crippen MR) is 200 cm³/mol. The van der Waals surface area contributed by atoms with Gasteiger partial charge in [-0.2, -0.15) is 13.2 Å². The van der Waals surface area contributed by atoms with Crippen molar-refractivity contribution in [3.63, 3.8) is 0 Å². The lowest BCUT2D eigenvalue weighted by molar-refractivity contribution is -0.140. The highest BCUT2D eigenvalue weighted by Crippen LogP contribution is 2.45. The average Bonchev–Trinajstić information content (AvgIpc) is 3.65. The molecule has 1 aromatic carbocycles. The molecule has 0 fully saturated rings. The summed E-state index contributed by atoms with van der Waals surface area (Å²) in [5, 5.41) is 16.8. The summed E-state index contributed by atoms with van der Waals surface area (Å²) in [6, 6.07) is 10.3. The smallest absolute Gasteiger partial charge is 0.364 e. The second kappa shape index (κ2) is 17.9. The van der Waals surface area contributed by atoms with Crippen molar-refractivity contribution >= 4 is 42.0 Å². The van der Waals surface area contributed by atoms with Crippen LogP contribution in [0.5, 0.6) is 0 Å². The van der Waals surface area contributed by atoms with Crippen LogP contribution in [-0.4, -0.2) is 55.3 Å². The Bertz CT molecular complexity index is 2220. The first-order chi connectivity index (χ1) is 26.1. The van der Waals surface area contributed by atoms with Crippen molar-refractivity contribution in [2.24, 2.45) is 5.92 Å². The van der Waals surface area contributed by atoms with Crippen LogP contribution >= 0.6 is 19.2 Å². The molecule has 0 aliphatic rings. The van der Waals surface area contributed by atoms with Gasteiger partial charge in [-0.1, -0.05) is 44.2 Å². The van der Waals surface area contributed by atoms with Gasteiger partial charge in [-0.3, -0.25) is 19.2 Å². The third-order valence-corrected chi connectivity index (χ3v) is 9.92. The summed E-state index contributed by atoms with van der Waals surface area (Å²) in [4.78, 5) is 49.6. The van der Waals surface area contributed by atoms with Crippen molar-refractivity contribution in [2.75, 3.05) is 25.1 Å².